The van der Waals surface area contributed by atoms with Crippen LogP contribution in [0, 0.1) is 0 Å². The summed E-state index contributed by atoms with van der Waals surface area (Å²) in [5.41, 5.74) is 0.192. The standard InChI is InChI=1S/C18H16Cl3NO4S2/c1-27-7-6-13(22-17(24)11-3-2-10(19)8-12(11)20)18(25)26-9-14(23)15-4-5-16(21)28-15/h2-5,8,13H,6-7,9H2,1H3,(H,22,24). The van der Waals surface area contributed by atoms with Crippen molar-refractivity contribution in [2.75, 3.05) is 18.6 Å². The third-order valence-electron chi connectivity index (χ3n) is 3.57. The molecule has 0 aliphatic carbocycles. The van der Waals surface area contributed by atoms with Crippen molar-refractivity contribution in [3.05, 3.63) is 55.2 Å². The number of hydrogen-bond acceptors (Lipinski definition) is 6. The minimum atomic E-state index is -0.911. The minimum absolute atomic E-state index is 0.173. The van der Waals surface area contributed by atoms with Crippen LogP contribution in [0.15, 0.2) is 30.3 Å². The highest BCUT2D eigenvalue weighted by molar-refractivity contribution is 7.98. The van der Waals surface area contributed by atoms with E-state index in [4.69, 9.17) is 39.5 Å². The zero-order valence-electron chi connectivity index (χ0n) is 14.7. The summed E-state index contributed by atoms with van der Waals surface area (Å²) in [6.07, 6.45) is 2.22. The van der Waals surface area contributed by atoms with E-state index < -0.39 is 24.5 Å². The molecule has 0 radical (unpaired) electrons. The van der Waals surface area contributed by atoms with Gasteiger partial charge in [0.25, 0.3) is 5.91 Å². The summed E-state index contributed by atoms with van der Waals surface area (Å²) in [6.45, 7) is -0.428. The molecule has 150 valence electrons. The summed E-state index contributed by atoms with van der Waals surface area (Å²) in [5.74, 6) is -0.964. The van der Waals surface area contributed by atoms with Crippen molar-refractivity contribution in [3.8, 4) is 0 Å². The number of esters is 1. The normalized spacial score (nSPS) is 11.7. The number of nitrogens with one attached hydrogen (secondary N) is 1. The molecule has 2 aromatic rings. The van der Waals surface area contributed by atoms with E-state index in [1.54, 1.807) is 12.1 Å². The van der Waals surface area contributed by atoms with Gasteiger partial charge in [0.2, 0.25) is 5.78 Å². The molecule has 1 aromatic heterocycles. The molecule has 0 bridgehead atoms. The molecule has 5 nitrogen and oxygen atoms in total. The number of rotatable bonds is 9. The quantitative estimate of drug-likeness (QED) is 0.404. The predicted molar refractivity (Wildman–Crippen MR) is 115 cm³/mol. The Morgan fingerprint density at radius 3 is 2.54 bits per heavy atom. The Morgan fingerprint density at radius 2 is 1.93 bits per heavy atom. The van der Waals surface area contributed by atoms with Crippen LogP contribution >= 0.6 is 57.9 Å². The number of ketones is 1. The highest BCUT2D eigenvalue weighted by atomic mass is 35.5. The van der Waals surface area contributed by atoms with Gasteiger partial charge in [-0.25, -0.2) is 4.79 Å². The Hall–Kier alpha value is -1.25. The maximum absolute atomic E-state index is 12.5. The third kappa shape index (κ3) is 6.67. The number of halogens is 3. The highest BCUT2D eigenvalue weighted by Crippen LogP contribution is 2.22. The van der Waals surface area contributed by atoms with E-state index in [1.165, 1.54) is 30.0 Å². The molecule has 1 unspecified atom stereocenters. The molecule has 1 amide bonds. The van der Waals surface area contributed by atoms with Crippen LogP contribution in [0.3, 0.4) is 0 Å². The Labute approximate surface area is 185 Å². The lowest BCUT2D eigenvalue weighted by atomic mass is 10.1. The van der Waals surface area contributed by atoms with Crippen LogP contribution in [0.1, 0.15) is 26.5 Å². The van der Waals surface area contributed by atoms with Gasteiger partial charge in [0, 0.05) is 5.02 Å². The molecule has 28 heavy (non-hydrogen) atoms. The van der Waals surface area contributed by atoms with Crippen molar-refractivity contribution in [2.24, 2.45) is 0 Å². The van der Waals surface area contributed by atoms with Crippen LogP contribution in [0.25, 0.3) is 0 Å². The average Bonchev–Trinajstić information content (AvgIpc) is 3.09. The van der Waals surface area contributed by atoms with Crippen LogP contribution in [-0.2, 0) is 9.53 Å². The number of carbonyl (C=O) groups excluding carboxylic acids is 3. The topological polar surface area (TPSA) is 72.5 Å². The second-order valence-electron chi connectivity index (χ2n) is 5.57. The smallest absolute Gasteiger partial charge is 0.329 e. The molecule has 1 aromatic carbocycles. The second kappa shape index (κ2) is 11.1. The Morgan fingerprint density at radius 1 is 1.18 bits per heavy atom. The Kier molecular flexibility index (Phi) is 9.11. The van der Waals surface area contributed by atoms with Crippen molar-refractivity contribution >= 4 is 75.6 Å². The first-order chi connectivity index (χ1) is 13.3. The van der Waals surface area contributed by atoms with Crippen molar-refractivity contribution in [3.63, 3.8) is 0 Å². The molecule has 0 saturated carbocycles. The summed E-state index contributed by atoms with van der Waals surface area (Å²) in [7, 11) is 0. The monoisotopic (exact) mass is 479 g/mol. The number of Topliss-reactive ketones (excluding diaryl/α,β-unsaturated/α-hetero) is 1. The van der Waals surface area contributed by atoms with Gasteiger partial charge in [0.1, 0.15) is 6.04 Å². The van der Waals surface area contributed by atoms with Crippen LogP contribution in [-0.4, -0.2) is 42.3 Å². The Balaban J connectivity index is 2.01. The minimum Gasteiger partial charge on any atom is -0.456 e. The Bertz CT molecular complexity index is 872. The van der Waals surface area contributed by atoms with Crippen LogP contribution in [0.4, 0.5) is 0 Å². The fourth-order valence-corrected chi connectivity index (χ4v) is 4.10. The largest absolute Gasteiger partial charge is 0.456 e. The maximum atomic E-state index is 12.5. The van der Waals surface area contributed by atoms with E-state index in [9.17, 15) is 14.4 Å². The molecule has 10 heteroatoms. The molecule has 1 N–H and O–H groups in total. The number of amides is 1. The van der Waals surface area contributed by atoms with Crippen molar-refractivity contribution in [1.29, 1.82) is 0 Å². The van der Waals surface area contributed by atoms with Gasteiger partial charge in [-0.05, 0) is 48.8 Å². The van der Waals surface area contributed by atoms with E-state index in [-0.39, 0.29) is 16.4 Å². The zero-order chi connectivity index (χ0) is 20.7. The molecular weight excluding hydrogens is 465 g/mol. The molecule has 1 heterocycles. The summed E-state index contributed by atoms with van der Waals surface area (Å²) in [6, 6.07) is 6.70. The van der Waals surface area contributed by atoms with Crippen molar-refractivity contribution < 1.29 is 19.1 Å². The fraction of sp³-hybridized carbons (Fsp3) is 0.278. The van der Waals surface area contributed by atoms with Crippen molar-refractivity contribution in [1.82, 2.24) is 5.32 Å². The van der Waals surface area contributed by atoms with Crippen LogP contribution < -0.4 is 5.32 Å². The molecular formula is C18H16Cl3NO4S2. The van der Waals surface area contributed by atoms with Gasteiger partial charge >= 0.3 is 5.97 Å². The van der Waals surface area contributed by atoms with E-state index in [2.05, 4.69) is 5.32 Å². The molecule has 0 fully saturated rings. The summed E-state index contributed by atoms with van der Waals surface area (Å²) in [5, 5.41) is 3.18. The first-order valence-corrected chi connectivity index (χ1v) is 11.4. The molecule has 0 aliphatic heterocycles. The lowest BCUT2D eigenvalue weighted by Crippen LogP contribution is -2.42. The lowest BCUT2D eigenvalue weighted by molar-refractivity contribution is -0.144. The number of carbonyl (C=O) groups is 3. The van der Waals surface area contributed by atoms with Gasteiger partial charge in [-0.3, -0.25) is 9.59 Å². The summed E-state index contributed by atoms with van der Waals surface area (Å²) in [4.78, 5) is 37.4. The van der Waals surface area contributed by atoms with Crippen molar-refractivity contribution in [2.45, 2.75) is 12.5 Å². The SMILES string of the molecule is CSCCC(NC(=O)c1ccc(Cl)cc1Cl)C(=O)OCC(=O)c1ccc(Cl)s1. The first kappa shape index (κ1) is 23.0. The maximum Gasteiger partial charge on any atom is 0.329 e. The number of thioether (sulfide) groups is 1. The van der Waals surface area contributed by atoms with Gasteiger partial charge < -0.3 is 10.1 Å². The third-order valence-corrected chi connectivity index (χ3v) is 6.03. The fourth-order valence-electron chi connectivity index (χ4n) is 2.17. The summed E-state index contributed by atoms with van der Waals surface area (Å²) < 4.78 is 5.58. The number of ether oxygens (including phenoxy) is 1. The molecule has 1 atom stereocenters. The molecule has 0 aliphatic rings. The van der Waals surface area contributed by atoms with E-state index in [0.29, 0.717) is 26.4 Å². The molecule has 2 rings (SSSR count). The zero-order valence-corrected chi connectivity index (χ0v) is 18.6. The van der Waals surface area contributed by atoms with Gasteiger partial charge in [-0.2, -0.15) is 11.8 Å². The van der Waals surface area contributed by atoms with E-state index >= 15 is 0 Å². The van der Waals surface area contributed by atoms with E-state index in [1.807, 2.05) is 6.26 Å². The number of benzene rings is 1. The highest BCUT2D eigenvalue weighted by Gasteiger charge is 2.24. The number of hydrogen-bond donors (Lipinski definition) is 1. The predicted octanol–water partition coefficient (Wildman–Crippen LogP) is 4.99. The van der Waals surface area contributed by atoms with Gasteiger partial charge in [-0.15, -0.1) is 11.3 Å². The van der Waals surface area contributed by atoms with E-state index in [0.717, 1.165) is 11.3 Å². The lowest BCUT2D eigenvalue weighted by Gasteiger charge is -2.17. The summed E-state index contributed by atoms with van der Waals surface area (Å²) >= 11 is 20.3. The van der Waals surface area contributed by atoms with Gasteiger partial charge in [0.15, 0.2) is 6.61 Å². The first-order valence-electron chi connectivity index (χ1n) is 8.02. The average molecular weight is 481 g/mol. The second-order valence-corrected chi connectivity index (χ2v) is 9.11. The molecule has 0 saturated heterocycles. The van der Waals surface area contributed by atoms with Gasteiger partial charge in [0.05, 0.1) is 19.8 Å². The van der Waals surface area contributed by atoms with Crippen LogP contribution in [0.5, 0.6) is 0 Å². The molecule has 0 spiro atoms. The van der Waals surface area contributed by atoms with Crippen LogP contribution in [0.2, 0.25) is 14.4 Å². The number of thiophene rings is 1. The van der Waals surface area contributed by atoms with Gasteiger partial charge in [-0.1, -0.05) is 34.8 Å².